The van der Waals surface area contributed by atoms with E-state index < -0.39 is 0 Å². The maximum atomic E-state index is 12.6. The number of nitrogens with zero attached hydrogens (tertiary/aromatic N) is 1. The van der Waals surface area contributed by atoms with E-state index in [-0.39, 0.29) is 18.6 Å². The molecule has 1 atom stereocenters. The molecule has 1 unspecified atom stereocenters. The molecule has 0 fully saturated rings. The summed E-state index contributed by atoms with van der Waals surface area (Å²) in [6.45, 7) is 5.08. The van der Waals surface area contributed by atoms with Crippen LogP contribution < -0.4 is 15.2 Å². The third-order valence-corrected chi connectivity index (χ3v) is 4.21. The number of carbonyl (C=O) groups excluding carboxylic acids is 1. The maximum absolute atomic E-state index is 12.6. The first-order valence-corrected chi connectivity index (χ1v) is 7.95. The molecule has 1 amide bonds. The molecule has 5 nitrogen and oxygen atoms in total. The van der Waals surface area contributed by atoms with E-state index in [1.54, 1.807) is 19.1 Å². The van der Waals surface area contributed by atoms with Crippen molar-refractivity contribution >= 4 is 12.0 Å². The van der Waals surface area contributed by atoms with E-state index in [0.717, 1.165) is 12.0 Å². The van der Waals surface area contributed by atoms with Crippen molar-refractivity contribution < 1.29 is 14.3 Å². The summed E-state index contributed by atoms with van der Waals surface area (Å²) >= 11 is 0. The summed E-state index contributed by atoms with van der Waals surface area (Å²) in [4.78, 5) is 14.3. The number of rotatable bonds is 6. The summed E-state index contributed by atoms with van der Waals surface area (Å²) < 4.78 is 11.0. The standard InChI is InChI=1S/C18H26N2O3/c1-12(2)15(19)8-9-20(3)18(21)14-10-13-6-5-7-16(22-4)17(13)23-11-14/h5-7,10,12,15H,8-9,11,19H2,1-4H3. The van der Waals surface area contributed by atoms with Crippen molar-refractivity contribution in [2.45, 2.75) is 26.3 Å². The number of likely N-dealkylation sites (N-methyl/N-ethyl adjacent to an activating group) is 1. The van der Waals surface area contributed by atoms with Gasteiger partial charge in [-0.2, -0.15) is 0 Å². The van der Waals surface area contributed by atoms with Gasteiger partial charge in [-0.3, -0.25) is 4.79 Å². The van der Waals surface area contributed by atoms with Crippen LogP contribution in [0.3, 0.4) is 0 Å². The van der Waals surface area contributed by atoms with Gasteiger partial charge in [0.25, 0.3) is 5.91 Å². The van der Waals surface area contributed by atoms with Gasteiger partial charge in [-0.05, 0) is 24.5 Å². The molecule has 1 aromatic rings. The van der Waals surface area contributed by atoms with Gasteiger partial charge in [-0.15, -0.1) is 0 Å². The predicted molar refractivity (Wildman–Crippen MR) is 91.5 cm³/mol. The van der Waals surface area contributed by atoms with Gasteiger partial charge in [0.1, 0.15) is 6.61 Å². The molecule has 126 valence electrons. The summed E-state index contributed by atoms with van der Waals surface area (Å²) in [5.41, 5.74) is 7.56. The first-order chi connectivity index (χ1) is 10.9. The van der Waals surface area contributed by atoms with Crippen LogP contribution in [0.5, 0.6) is 11.5 Å². The molecule has 1 aliphatic heterocycles. The summed E-state index contributed by atoms with van der Waals surface area (Å²) in [7, 11) is 3.41. The summed E-state index contributed by atoms with van der Waals surface area (Å²) in [6.07, 6.45) is 2.67. The molecule has 2 rings (SSSR count). The number of hydrogen-bond donors (Lipinski definition) is 1. The number of fused-ring (bicyclic) bond motifs is 1. The molecular weight excluding hydrogens is 292 g/mol. The fraction of sp³-hybridized carbons (Fsp3) is 0.500. The average molecular weight is 318 g/mol. The van der Waals surface area contributed by atoms with Gasteiger partial charge in [-0.1, -0.05) is 26.0 Å². The van der Waals surface area contributed by atoms with Crippen LogP contribution in [0, 0.1) is 5.92 Å². The number of hydrogen-bond acceptors (Lipinski definition) is 4. The predicted octanol–water partition coefficient (Wildman–Crippen LogP) is 2.30. The fourth-order valence-corrected chi connectivity index (χ4v) is 2.49. The van der Waals surface area contributed by atoms with Gasteiger partial charge in [0.2, 0.25) is 0 Å². The number of amides is 1. The first-order valence-electron chi connectivity index (χ1n) is 7.95. The Hall–Kier alpha value is -2.01. The van der Waals surface area contributed by atoms with Gasteiger partial charge in [-0.25, -0.2) is 0 Å². The lowest BCUT2D eigenvalue weighted by molar-refractivity contribution is -0.126. The van der Waals surface area contributed by atoms with Crippen LogP contribution in [0.2, 0.25) is 0 Å². The molecule has 23 heavy (non-hydrogen) atoms. The van der Waals surface area contributed by atoms with E-state index in [4.69, 9.17) is 15.2 Å². The lowest BCUT2D eigenvalue weighted by Gasteiger charge is -2.25. The topological polar surface area (TPSA) is 64.8 Å². The number of benzene rings is 1. The molecule has 0 saturated heterocycles. The normalized spacial score (nSPS) is 14.6. The third kappa shape index (κ3) is 4.05. The van der Waals surface area contributed by atoms with E-state index >= 15 is 0 Å². The van der Waals surface area contributed by atoms with E-state index in [1.165, 1.54) is 0 Å². The minimum absolute atomic E-state index is 0.0190. The molecule has 5 heteroatoms. The van der Waals surface area contributed by atoms with Crippen LogP contribution in [0.1, 0.15) is 25.8 Å². The molecule has 2 N–H and O–H groups in total. The largest absolute Gasteiger partial charge is 0.493 e. The number of nitrogens with two attached hydrogens (primary N) is 1. The van der Waals surface area contributed by atoms with Gasteiger partial charge in [0.05, 0.1) is 12.7 Å². The number of methoxy groups -OCH3 is 1. The second kappa shape index (κ2) is 7.51. The van der Waals surface area contributed by atoms with Crippen molar-refractivity contribution in [1.29, 1.82) is 0 Å². The maximum Gasteiger partial charge on any atom is 0.252 e. The molecule has 0 aromatic heterocycles. The Morgan fingerprint density at radius 2 is 2.17 bits per heavy atom. The lowest BCUT2D eigenvalue weighted by atomic mass is 10.0. The zero-order valence-corrected chi connectivity index (χ0v) is 14.3. The molecule has 0 saturated carbocycles. The smallest absolute Gasteiger partial charge is 0.252 e. The first kappa shape index (κ1) is 17.3. The Balaban J connectivity index is 2.06. The molecule has 0 bridgehead atoms. The molecule has 0 spiro atoms. The second-order valence-corrected chi connectivity index (χ2v) is 6.26. The quantitative estimate of drug-likeness (QED) is 0.874. The number of carbonyl (C=O) groups is 1. The second-order valence-electron chi connectivity index (χ2n) is 6.26. The number of para-hydroxylation sites is 1. The van der Waals surface area contributed by atoms with Crippen LogP contribution in [0.25, 0.3) is 6.08 Å². The van der Waals surface area contributed by atoms with Gasteiger partial charge >= 0.3 is 0 Å². The Bertz CT molecular complexity index is 596. The summed E-state index contributed by atoms with van der Waals surface area (Å²) in [5.74, 6) is 1.77. The van der Waals surface area contributed by atoms with Crippen LogP contribution in [0.15, 0.2) is 23.8 Å². The Morgan fingerprint density at radius 1 is 1.43 bits per heavy atom. The van der Waals surface area contributed by atoms with E-state index in [1.807, 2.05) is 24.3 Å². The summed E-state index contributed by atoms with van der Waals surface area (Å²) in [6, 6.07) is 5.75. The molecule has 1 heterocycles. The van der Waals surface area contributed by atoms with Crippen LogP contribution >= 0.6 is 0 Å². The molecule has 0 radical (unpaired) electrons. The van der Waals surface area contributed by atoms with E-state index in [0.29, 0.717) is 29.5 Å². The molecule has 1 aliphatic rings. The minimum Gasteiger partial charge on any atom is -0.493 e. The van der Waals surface area contributed by atoms with Crippen molar-refractivity contribution in [2.24, 2.45) is 11.7 Å². The van der Waals surface area contributed by atoms with Crippen molar-refractivity contribution in [3.63, 3.8) is 0 Å². The monoisotopic (exact) mass is 318 g/mol. The van der Waals surface area contributed by atoms with E-state index in [2.05, 4.69) is 13.8 Å². The molecule has 0 aliphatic carbocycles. The Morgan fingerprint density at radius 3 is 2.83 bits per heavy atom. The van der Waals surface area contributed by atoms with Crippen molar-refractivity contribution in [2.75, 3.05) is 27.3 Å². The number of ether oxygens (including phenoxy) is 2. The SMILES string of the molecule is COc1cccc2c1OCC(C(=O)N(C)CCC(N)C(C)C)=C2. The summed E-state index contributed by atoms with van der Waals surface area (Å²) in [5, 5.41) is 0. The fourth-order valence-electron chi connectivity index (χ4n) is 2.49. The highest BCUT2D eigenvalue weighted by Gasteiger charge is 2.22. The highest BCUT2D eigenvalue weighted by molar-refractivity contribution is 5.99. The van der Waals surface area contributed by atoms with Crippen molar-refractivity contribution in [3.8, 4) is 11.5 Å². The Kier molecular flexibility index (Phi) is 5.66. The van der Waals surface area contributed by atoms with Crippen molar-refractivity contribution in [1.82, 2.24) is 4.90 Å². The zero-order valence-electron chi connectivity index (χ0n) is 14.3. The van der Waals surface area contributed by atoms with Crippen LogP contribution in [-0.2, 0) is 4.79 Å². The Labute approximate surface area is 138 Å². The van der Waals surface area contributed by atoms with Crippen LogP contribution in [0.4, 0.5) is 0 Å². The van der Waals surface area contributed by atoms with Gasteiger partial charge in [0.15, 0.2) is 11.5 Å². The van der Waals surface area contributed by atoms with Crippen LogP contribution in [-0.4, -0.2) is 44.2 Å². The third-order valence-electron chi connectivity index (χ3n) is 4.21. The lowest BCUT2D eigenvalue weighted by Crippen LogP contribution is -2.36. The van der Waals surface area contributed by atoms with Gasteiger partial charge in [0, 0.05) is 25.2 Å². The average Bonchev–Trinajstić information content (AvgIpc) is 2.57. The molecule has 1 aromatic carbocycles. The van der Waals surface area contributed by atoms with Gasteiger partial charge < -0.3 is 20.1 Å². The minimum atomic E-state index is -0.0190. The van der Waals surface area contributed by atoms with E-state index in [9.17, 15) is 4.79 Å². The highest BCUT2D eigenvalue weighted by atomic mass is 16.5. The molecular formula is C18H26N2O3. The zero-order chi connectivity index (χ0) is 17.0. The highest BCUT2D eigenvalue weighted by Crippen LogP contribution is 2.35. The van der Waals surface area contributed by atoms with Crippen molar-refractivity contribution in [3.05, 3.63) is 29.3 Å².